The number of nitrogens with one attached hydrogen (secondary N) is 2. The second-order valence-corrected chi connectivity index (χ2v) is 7.20. The highest BCUT2D eigenvalue weighted by atomic mass is 16.5. The van der Waals surface area contributed by atoms with Gasteiger partial charge in [-0.15, -0.1) is 0 Å². The Morgan fingerprint density at radius 3 is 2.48 bits per heavy atom. The monoisotopic (exact) mass is 410 g/mol. The summed E-state index contributed by atoms with van der Waals surface area (Å²) in [4.78, 5) is 14.2. The molecule has 0 spiro atoms. The van der Waals surface area contributed by atoms with Gasteiger partial charge in [0.25, 0.3) is 0 Å². The molecular formula is C24H22N6O. The smallest absolute Gasteiger partial charge is 0.232 e. The van der Waals surface area contributed by atoms with Crippen molar-refractivity contribution in [3.05, 3.63) is 78.4 Å². The van der Waals surface area contributed by atoms with Crippen molar-refractivity contribution >= 4 is 39.7 Å². The zero-order chi connectivity index (χ0) is 21.2. The van der Waals surface area contributed by atoms with Gasteiger partial charge >= 0.3 is 0 Å². The van der Waals surface area contributed by atoms with Crippen molar-refractivity contribution in [1.82, 2.24) is 19.5 Å². The van der Waals surface area contributed by atoms with Crippen LogP contribution in [-0.4, -0.2) is 26.6 Å². The minimum absolute atomic E-state index is 0.450. The normalized spacial score (nSPS) is 11.0. The molecule has 3 aromatic carbocycles. The summed E-state index contributed by atoms with van der Waals surface area (Å²) in [5, 5.41) is 7.62. The first-order valence-corrected chi connectivity index (χ1v) is 10.0. The lowest BCUT2D eigenvalue weighted by molar-refractivity contribution is 0.419. The summed E-state index contributed by atoms with van der Waals surface area (Å²) in [6.45, 7) is 0.649. The molecule has 0 radical (unpaired) electrons. The summed E-state index contributed by atoms with van der Waals surface area (Å²) < 4.78 is 7.54. The molecule has 0 aliphatic carbocycles. The van der Waals surface area contributed by atoms with Gasteiger partial charge in [0.05, 0.1) is 18.1 Å². The number of aryl methyl sites for hydroxylation is 1. The van der Waals surface area contributed by atoms with Crippen molar-refractivity contribution in [2.45, 2.75) is 6.54 Å². The van der Waals surface area contributed by atoms with Crippen molar-refractivity contribution < 1.29 is 4.74 Å². The van der Waals surface area contributed by atoms with Gasteiger partial charge in [-0.1, -0.05) is 48.5 Å². The van der Waals surface area contributed by atoms with Gasteiger partial charge in [0.2, 0.25) is 11.9 Å². The molecule has 7 nitrogen and oxygen atoms in total. The Kier molecular flexibility index (Phi) is 4.84. The highest BCUT2D eigenvalue weighted by Gasteiger charge is 2.14. The number of nitrogens with zero attached hydrogens (tertiary/aromatic N) is 4. The molecule has 2 aromatic heterocycles. The SMILES string of the molecule is COc1cccc2c(NCc3ccccc3)nc(Nc3nc4ccccc4n3C)nc12. The topological polar surface area (TPSA) is 76.9 Å². The van der Waals surface area contributed by atoms with Crippen LogP contribution >= 0.6 is 0 Å². The molecule has 31 heavy (non-hydrogen) atoms. The molecule has 0 atom stereocenters. The Labute approximate surface area is 179 Å². The first-order valence-electron chi connectivity index (χ1n) is 10.0. The molecule has 0 amide bonds. The van der Waals surface area contributed by atoms with Crippen molar-refractivity contribution in [3.8, 4) is 5.75 Å². The molecule has 154 valence electrons. The molecule has 0 bridgehead atoms. The van der Waals surface area contributed by atoms with E-state index in [1.165, 1.54) is 5.56 Å². The number of hydrogen-bond donors (Lipinski definition) is 2. The maximum Gasteiger partial charge on any atom is 0.232 e. The highest BCUT2D eigenvalue weighted by molar-refractivity contribution is 5.94. The molecule has 0 unspecified atom stereocenters. The number of para-hydroxylation sites is 3. The van der Waals surface area contributed by atoms with Gasteiger partial charge in [0.15, 0.2) is 0 Å². The Bertz CT molecular complexity index is 1360. The van der Waals surface area contributed by atoms with E-state index in [-0.39, 0.29) is 0 Å². The van der Waals surface area contributed by atoms with E-state index in [1.54, 1.807) is 7.11 Å². The van der Waals surface area contributed by atoms with Crippen molar-refractivity contribution in [2.75, 3.05) is 17.7 Å². The lowest BCUT2D eigenvalue weighted by Crippen LogP contribution is -2.08. The maximum absolute atomic E-state index is 5.56. The third kappa shape index (κ3) is 3.61. The number of anilines is 3. The van der Waals surface area contributed by atoms with E-state index in [0.717, 1.165) is 27.8 Å². The predicted molar refractivity (Wildman–Crippen MR) is 124 cm³/mol. The summed E-state index contributed by atoms with van der Waals surface area (Å²) >= 11 is 0. The quantitative estimate of drug-likeness (QED) is 0.415. The molecule has 2 heterocycles. The minimum atomic E-state index is 0.450. The van der Waals surface area contributed by atoms with Gasteiger partial charge < -0.3 is 14.6 Å². The van der Waals surface area contributed by atoms with Gasteiger partial charge in [-0.05, 0) is 29.8 Å². The van der Waals surface area contributed by atoms with Crippen LogP contribution in [0.1, 0.15) is 5.56 Å². The number of hydrogen-bond acceptors (Lipinski definition) is 6. The predicted octanol–water partition coefficient (Wildman–Crippen LogP) is 4.88. The molecule has 2 N–H and O–H groups in total. The second-order valence-electron chi connectivity index (χ2n) is 7.20. The fourth-order valence-electron chi connectivity index (χ4n) is 3.62. The Balaban J connectivity index is 1.56. The standard InChI is InChI=1S/C24H22N6O/c1-30-19-13-7-6-12-18(19)26-24(30)29-23-27-21-17(11-8-14-20(21)31-2)22(28-23)25-15-16-9-4-3-5-10-16/h3-14H,15H2,1-2H3,(H2,25,26,27,28,29). The van der Waals surface area contributed by atoms with Crippen LogP contribution in [0.15, 0.2) is 72.8 Å². The molecule has 0 saturated carbocycles. The third-order valence-electron chi connectivity index (χ3n) is 5.22. The molecule has 0 saturated heterocycles. The van der Waals surface area contributed by atoms with Crippen molar-refractivity contribution in [1.29, 1.82) is 0 Å². The zero-order valence-electron chi connectivity index (χ0n) is 17.3. The zero-order valence-corrected chi connectivity index (χ0v) is 17.3. The van der Waals surface area contributed by atoms with Gasteiger partial charge in [-0.25, -0.2) is 9.97 Å². The van der Waals surface area contributed by atoms with Crippen LogP contribution in [0.2, 0.25) is 0 Å². The Hall–Kier alpha value is -4.13. The van der Waals surface area contributed by atoms with Gasteiger partial charge in [-0.3, -0.25) is 5.32 Å². The summed E-state index contributed by atoms with van der Waals surface area (Å²) in [6.07, 6.45) is 0. The average Bonchev–Trinajstić information content (AvgIpc) is 3.13. The third-order valence-corrected chi connectivity index (χ3v) is 5.22. The van der Waals surface area contributed by atoms with Crippen LogP contribution in [0, 0.1) is 0 Å². The fraction of sp³-hybridized carbons (Fsp3) is 0.125. The first kappa shape index (κ1) is 18.9. The van der Waals surface area contributed by atoms with E-state index in [4.69, 9.17) is 14.7 Å². The van der Waals surface area contributed by atoms with Crippen LogP contribution in [0.3, 0.4) is 0 Å². The molecule has 0 aliphatic heterocycles. The van der Waals surface area contributed by atoms with Crippen LogP contribution in [0.25, 0.3) is 21.9 Å². The van der Waals surface area contributed by atoms with Crippen LogP contribution in [0.5, 0.6) is 5.75 Å². The molecule has 5 rings (SSSR count). The van der Waals surface area contributed by atoms with E-state index in [1.807, 2.05) is 72.3 Å². The summed E-state index contributed by atoms with van der Waals surface area (Å²) in [7, 11) is 3.61. The average molecular weight is 410 g/mol. The van der Waals surface area contributed by atoms with E-state index < -0.39 is 0 Å². The lowest BCUT2D eigenvalue weighted by atomic mass is 10.2. The van der Waals surface area contributed by atoms with Gasteiger partial charge in [0.1, 0.15) is 17.1 Å². The largest absolute Gasteiger partial charge is 0.494 e. The number of ether oxygens (including phenoxy) is 1. The molecule has 0 aliphatic rings. The molecule has 5 aromatic rings. The van der Waals surface area contributed by atoms with E-state index >= 15 is 0 Å². The van der Waals surface area contributed by atoms with Crippen LogP contribution in [-0.2, 0) is 13.6 Å². The Morgan fingerprint density at radius 1 is 0.871 bits per heavy atom. The van der Waals surface area contributed by atoms with Crippen LogP contribution in [0.4, 0.5) is 17.7 Å². The summed E-state index contributed by atoms with van der Waals surface area (Å²) in [6, 6.07) is 24.0. The van der Waals surface area contributed by atoms with E-state index in [0.29, 0.717) is 24.2 Å². The second kappa shape index (κ2) is 7.95. The van der Waals surface area contributed by atoms with Crippen molar-refractivity contribution in [3.63, 3.8) is 0 Å². The first-order chi connectivity index (χ1) is 15.2. The number of imidazole rings is 1. The highest BCUT2D eigenvalue weighted by Crippen LogP contribution is 2.30. The molecule has 0 fully saturated rings. The number of methoxy groups -OCH3 is 1. The number of rotatable bonds is 6. The van der Waals surface area contributed by atoms with Gasteiger partial charge in [-0.2, -0.15) is 4.98 Å². The fourth-order valence-corrected chi connectivity index (χ4v) is 3.62. The lowest BCUT2D eigenvalue weighted by Gasteiger charge is -2.13. The number of aromatic nitrogens is 4. The number of benzene rings is 3. The summed E-state index contributed by atoms with van der Waals surface area (Å²) in [5.41, 5.74) is 3.85. The van der Waals surface area contributed by atoms with Crippen LogP contribution < -0.4 is 15.4 Å². The molecule has 7 heteroatoms. The minimum Gasteiger partial charge on any atom is -0.494 e. The van der Waals surface area contributed by atoms with Gasteiger partial charge in [0, 0.05) is 19.0 Å². The summed E-state index contributed by atoms with van der Waals surface area (Å²) in [5.74, 6) is 2.54. The Morgan fingerprint density at radius 2 is 1.68 bits per heavy atom. The van der Waals surface area contributed by atoms with Crippen molar-refractivity contribution in [2.24, 2.45) is 7.05 Å². The number of fused-ring (bicyclic) bond motifs is 2. The molecular weight excluding hydrogens is 388 g/mol. The maximum atomic E-state index is 5.56. The van der Waals surface area contributed by atoms with E-state index in [9.17, 15) is 0 Å². The van der Waals surface area contributed by atoms with E-state index in [2.05, 4.69) is 27.8 Å².